The third-order valence-corrected chi connectivity index (χ3v) is 4.55. The van der Waals surface area contributed by atoms with Gasteiger partial charge in [-0.2, -0.15) is 0 Å². The molecule has 1 aliphatic heterocycles. The molecule has 3 aromatic carbocycles. The number of para-hydroxylation sites is 1. The number of nitrogens with zero attached hydrogens (tertiary/aromatic N) is 1. The Bertz CT molecular complexity index is 938. The minimum atomic E-state index is -0.351. The van der Waals surface area contributed by atoms with Crippen molar-refractivity contribution in [1.29, 1.82) is 0 Å². The van der Waals surface area contributed by atoms with E-state index in [9.17, 15) is 9.18 Å². The lowest BCUT2D eigenvalue weighted by atomic mass is 10.0. The molecule has 4 heteroatoms. The van der Waals surface area contributed by atoms with Crippen LogP contribution in [-0.2, 0) is 11.2 Å². The second-order valence-electron chi connectivity index (χ2n) is 6.19. The van der Waals surface area contributed by atoms with Gasteiger partial charge in [0.2, 0.25) is 0 Å². The molecule has 0 saturated heterocycles. The van der Waals surface area contributed by atoms with Crippen LogP contribution in [0.25, 0.3) is 10.8 Å². The highest BCUT2D eigenvalue weighted by molar-refractivity contribution is 5.95. The van der Waals surface area contributed by atoms with Crippen molar-refractivity contribution >= 4 is 22.4 Å². The van der Waals surface area contributed by atoms with Gasteiger partial charge in [-0.25, -0.2) is 4.39 Å². The summed E-state index contributed by atoms with van der Waals surface area (Å²) >= 11 is 0. The van der Waals surface area contributed by atoms with Gasteiger partial charge >= 0.3 is 0 Å². The first-order valence-corrected chi connectivity index (χ1v) is 8.42. The lowest BCUT2D eigenvalue weighted by Crippen LogP contribution is -2.39. The number of hydrogen-bond acceptors (Lipinski definition) is 2. The average molecular weight is 335 g/mol. The van der Waals surface area contributed by atoms with Gasteiger partial charge in [-0.15, -0.1) is 0 Å². The summed E-state index contributed by atoms with van der Waals surface area (Å²) in [5.41, 5.74) is 1.28. The van der Waals surface area contributed by atoms with Crippen molar-refractivity contribution in [1.82, 2.24) is 0 Å². The zero-order valence-corrected chi connectivity index (χ0v) is 13.7. The van der Waals surface area contributed by atoms with E-state index < -0.39 is 0 Å². The maximum Gasteiger partial charge on any atom is 0.265 e. The van der Waals surface area contributed by atoms with Crippen molar-refractivity contribution in [3.63, 3.8) is 0 Å². The molecule has 25 heavy (non-hydrogen) atoms. The number of anilines is 1. The van der Waals surface area contributed by atoms with E-state index in [1.807, 2.05) is 48.5 Å². The number of benzene rings is 3. The zero-order valence-electron chi connectivity index (χ0n) is 13.7. The van der Waals surface area contributed by atoms with Crippen LogP contribution in [0.3, 0.4) is 0 Å². The fourth-order valence-electron chi connectivity index (χ4n) is 3.33. The molecule has 0 bridgehead atoms. The molecular weight excluding hydrogens is 317 g/mol. The van der Waals surface area contributed by atoms with Gasteiger partial charge in [0.15, 0.2) is 6.61 Å². The number of hydrogen-bond donors (Lipinski definition) is 0. The highest BCUT2D eigenvalue weighted by atomic mass is 19.1. The topological polar surface area (TPSA) is 29.5 Å². The van der Waals surface area contributed by atoms with Gasteiger partial charge in [-0.05, 0) is 47.4 Å². The largest absolute Gasteiger partial charge is 0.484 e. The molecule has 0 radical (unpaired) electrons. The minimum Gasteiger partial charge on any atom is -0.484 e. The molecule has 3 aromatic rings. The van der Waals surface area contributed by atoms with Gasteiger partial charge in [0.1, 0.15) is 11.6 Å². The molecule has 126 valence electrons. The summed E-state index contributed by atoms with van der Waals surface area (Å²) in [5, 5.41) is 2.18. The number of halogens is 1. The fourth-order valence-corrected chi connectivity index (χ4v) is 3.33. The summed E-state index contributed by atoms with van der Waals surface area (Å²) in [5.74, 6) is 0.0632. The number of rotatable bonds is 3. The molecule has 0 atom stereocenters. The first-order valence-electron chi connectivity index (χ1n) is 8.42. The average Bonchev–Trinajstić information content (AvgIpc) is 2.66. The van der Waals surface area contributed by atoms with E-state index >= 15 is 0 Å². The van der Waals surface area contributed by atoms with Crippen LogP contribution in [-0.4, -0.2) is 19.1 Å². The summed E-state index contributed by atoms with van der Waals surface area (Å²) in [7, 11) is 0. The summed E-state index contributed by atoms with van der Waals surface area (Å²) in [6.07, 6.45) is 1.63. The maximum absolute atomic E-state index is 14.2. The molecule has 0 unspecified atom stereocenters. The van der Waals surface area contributed by atoms with Crippen molar-refractivity contribution in [2.45, 2.75) is 12.8 Å². The van der Waals surface area contributed by atoms with Crippen LogP contribution in [0.2, 0.25) is 0 Å². The van der Waals surface area contributed by atoms with E-state index in [0.717, 1.165) is 29.2 Å². The monoisotopic (exact) mass is 335 g/mol. The quantitative estimate of drug-likeness (QED) is 0.713. The summed E-state index contributed by atoms with van der Waals surface area (Å²) < 4.78 is 19.9. The van der Waals surface area contributed by atoms with Gasteiger partial charge in [0.25, 0.3) is 5.91 Å². The highest BCUT2D eigenvalue weighted by Gasteiger charge is 2.25. The Morgan fingerprint density at radius 2 is 1.88 bits per heavy atom. The molecule has 0 saturated carbocycles. The number of carbonyl (C=O) groups excluding carboxylic acids is 1. The smallest absolute Gasteiger partial charge is 0.265 e. The van der Waals surface area contributed by atoms with Crippen molar-refractivity contribution in [2.24, 2.45) is 0 Å². The molecular formula is C21H18FNO2. The molecule has 0 N–H and O–H groups in total. The molecule has 1 aliphatic rings. The van der Waals surface area contributed by atoms with E-state index in [1.165, 1.54) is 11.0 Å². The number of fused-ring (bicyclic) bond motifs is 2. The summed E-state index contributed by atoms with van der Waals surface area (Å²) in [6, 6.07) is 18.7. The Morgan fingerprint density at radius 3 is 2.76 bits per heavy atom. The Labute approximate surface area is 145 Å². The van der Waals surface area contributed by atoms with Crippen LogP contribution < -0.4 is 9.64 Å². The summed E-state index contributed by atoms with van der Waals surface area (Å²) in [4.78, 5) is 14.1. The van der Waals surface area contributed by atoms with Crippen molar-refractivity contribution in [3.05, 3.63) is 72.0 Å². The Hall–Kier alpha value is -2.88. The third kappa shape index (κ3) is 3.07. The van der Waals surface area contributed by atoms with E-state index in [1.54, 1.807) is 6.07 Å². The molecule has 4 rings (SSSR count). The number of aryl methyl sites for hydroxylation is 1. The van der Waals surface area contributed by atoms with Gasteiger partial charge in [-0.3, -0.25) is 4.79 Å². The molecule has 1 amide bonds. The summed E-state index contributed by atoms with van der Waals surface area (Å²) in [6.45, 7) is 0.417. The van der Waals surface area contributed by atoms with Crippen LogP contribution in [0.15, 0.2) is 60.7 Å². The van der Waals surface area contributed by atoms with Crippen LogP contribution in [0.5, 0.6) is 5.75 Å². The molecule has 1 heterocycles. The first kappa shape index (κ1) is 15.6. The van der Waals surface area contributed by atoms with Gasteiger partial charge < -0.3 is 9.64 Å². The Balaban J connectivity index is 1.51. The lowest BCUT2D eigenvalue weighted by molar-refractivity contribution is -0.120. The minimum absolute atomic E-state index is 0.105. The normalized spacial score (nSPS) is 13.6. The lowest BCUT2D eigenvalue weighted by Gasteiger charge is -2.29. The van der Waals surface area contributed by atoms with E-state index in [0.29, 0.717) is 18.0 Å². The fraction of sp³-hybridized carbons (Fsp3) is 0.190. The molecule has 0 aliphatic carbocycles. The second-order valence-corrected chi connectivity index (χ2v) is 6.19. The molecule has 3 nitrogen and oxygen atoms in total. The SMILES string of the molecule is O=C(COc1ccc2ccccc2c1)N1CCCc2cccc(F)c21. The van der Waals surface area contributed by atoms with E-state index in [2.05, 4.69) is 0 Å². The second kappa shape index (κ2) is 6.55. The van der Waals surface area contributed by atoms with Gasteiger partial charge in [-0.1, -0.05) is 42.5 Å². The van der Waals surface area contributed by atoms with Crippen molar-refractivity contribution in [3.8, 4) is 5.75 Å². The molecule has 0 fully saturated rings. The third-order valence-electron chi connectivity index (χ3n) is 4.55. The predicted octanol–water partition coefficient (Wildman–Crippen LogP) is 4.34. The Kier molecular flexibility index (Phi) is 4.10. The first-order chi connectivity index (χ1) is 12.2. The van der Waals surface area contributed by atoms with E-state index in [4.69, 9.17) is 4.74 Å². The zero-order chi connectivity index (χ0) is 17.2. The van der Waals surface area contributed by atoms with Crippen LogP contribution in [0, 0.1) is 5.82 Å². The highest BCUT2D eigenvalue weighted by Crippen LogP contribution is 2.30. The van der Waals surface area contributed by atoms with Crippen molar-refractivity contribution < 1.29 is 13.9 Å². The van der Waals surface area contributed by atoms with Gasteiger partial charge in [0, 0.05) is 6.54 Å². The number of amides is 1. The van der Waals surface area contributed by atoms with Crippen molar-refractivity contribution in [2.75, 3.05) is 18.1 Å². The predicted molar refractivity (Wildman–Crippen MR) is 96.5 cm³/mol. The number of ether oxygens (including phenoxy) is 1. The standard InChI is InChI=1S/C21H18FNO2/c22-19-9-3-7-16-8-4-12-23(21(16)19)20(24)14-25-18-11-10-15-5-1-2-6-17(15)13-18/h1-3,5-7,9-11,13H,4,8,12,14H2. The molecule has 0 aromatic heterocycles. The van der Waals surface area contributed by atoms with Crippen LogP contribution in [0.4, 0.5) is 10.1 Å². The Morgan fingerprint density at radius 1 is 1.04 bits per heavy atom. The van der Waals surface area contributed by atoms with Crippen LogP contribution in [0.1, 0.15) is 12.0 Å². The number of carbonyl (C=O) groups is 1. The van der Waals surface area contributed by atoms with E-state index in [-0.39, 0.29) is 18.3 Å². The molecule has 0 spiro atoms. The maximum atomic E-state index is 14.2. The van der Waals surface area contributed by atoms with Crippen LogP contribution >= 0.6 is 0 Å². The van der Waals surface area contributed by atoms with Gasteiger partial charge in [0.05, 0.1) is 5.69 Å².